The van der Waals surface area contributed by atoms with Crippen LogP contribution in [0, 0.1) is 5.41 Å². The van der Waals surface area contributed by atoms with Gasteiger partial charge >= 0.3 is 0 Å². The van der Waals surface area contributed by atoms with Crippen LogP contribution in [0.3, 0.4) is 0 Å². The third-order valence-corrected chi connectivity index (χ3v) is 6.23. The summed E-state index contributed by atoms with van der Waals surface area (Å²) in [6, 6.07) is 20.3. The summed E-state index contributed by atoms with van der Waals surface area (Å²) in [6.45, 7) is 0. The first kappa shape index (κ1) is 16.4. The Kier molecular flexibility index (Phi) is 4.61. The van der Waals surface area contributed by atoms with Crippen molar-refractivity contribution in [1.82, 2.24) is 0 Å². The summed E-state index contributed by atoms with van der Waals surface area (Å²) >= 11 is 0. The molecule has 130 valence electrons. The number of carbonyl (C=O) groups is 1. The lowest BCUT2D eigenvalue weighted by Crippen LogP contribution is -2.40. The molecule has 2 aromatic rings. The predicted octanol–water partition coefficient (Wildman–Crippen LogP) is 5.84. The van der Waals surface area contributed by atoms with E-state index >= 15 is 0 Å². The van der Waals surface area contributed by atoms with Crippen LogP contribution in [0.5, 0.6) is 0 Å². The van der Waals surface area contributed by atoms with E-state index in [1.165, 1.54) is 44.9 Å². The van der Waals surface area contributed by atoms with Crippen molar-refractivity contribution in [3.8, 4) is 0 Å². The minimum Gasteiger partial charge on any atom is -0.305 e. The Hall–Kier alpha value is -2.09. The molecule has 0 aromatic heterocycles. The van der Waals surface area contributed by atoms with E-state index < -0.39 is 0 Å². The molecule has 0 saturated heterocycles. The molecule has 0 heterocycles. The van der Waals surface area contributed by atoms with Crippen molar-refractivity contribution in [3.05, 3.63) is 66.2 Å². The van der Waals surface area contributed by atoms with E-state index in [0.29, 0.717) is 11.5 Å². The Bertz CT molecular complexity index is 703. The molecule has 1 amide bonds. The van der Waals surface area contributed by atoms with Crippen LogP contribution in [0.15, 0.2) is 60.7 Å². The van der Waals surface area contributed by atoms with Crippen molar-refractivity contribution in [2.75, 3.05) is 4.90 Å². The average molecular weight is 333 g/mol. The predicted molar refractivity (Wildman–Crippen MR) is 103 cm³/mol. The van der Waals surface area contributed by atoms with Crippen LogP contribution in [0.4, 0.5) is 5.69 Å². The van der Waals surface area contributed by atoms with Gasteiger partial charge in [-0.05, 0) is 61.8 Å². The van der Waals surface area contributed by atoms with E-state index in [1.54, 1.807) is 0 Å². The molecule has 0 N–H and O–H groups in total. The SMILES string of the molecule is O=C(c1ccccc1)N(c1ccccc1)C1CCC2(CCCCC2)C1. The van der Waals surface area contributed by atoms with Gasteiger partial charge in [-0.15, -0.1) is 0 Å². The molecule has 2 fully saturated rings. The molecule has 2 heteroatoms. The van der Waals surface area contributed by atoms with Crippen LogP contribution in [0.1, 0.15) is 61.7 Å². The molecule has 2 saturated carbocycles. The summed E-state index contributed by atoms with van der Waals surface area (Å²) in [6.07, 6.45) is 10.4. The summed E-state index contributed by atoms with van der Waals surface area (Å²) in [7, 11) is 0. The summed E-state index contributed by atoms with van der Waals surface area (Å²) in [5.74, 6) is 0.143. The van der Waals surface area contributed by atoms with Gasteiger partial charge in [0.05, 0.1) is 0 Å². The van der Waals surface area contributed by atoms with Gasteiger partial charge in [0.2, 0.25) is 0 Å². The zero-order chi connectivity index (χ0) is 17.1. The number of benzene rings is 2. The molecule has 25 heavy (non-hydrogen) atoms. The average Bonchev–Trinajstić information content (AvgIpc) is 3.07. The zero-order valence-corrected chi connectivity index (χ0v) is 14.9. The lowest BCUT2D eigenvalue weighted by Gasteiger charge is -2.35. The summed E-state index contributed by atoms with van der Waals surface area (Å²) < 4.78 is 0. The summed E-state index contributed by atoms with van der Waals surface area (Å²) in [5.41, 5.74) is 2.32. The second-order valence-corrected chi connectivity index (χ2v) is 7.83. The van der Waals surface area contributed by atoms with E-state index in [9.17, 15) is 4.79 Å². The summed E-state index contributed by atoms with van der Waals surface area (Å²) in [4.78, 5) is 15.4. The normalized spacial score (nSPS) is 22.0. The first-order chi connectivity index (χ1) is 12.3. The standard InChI is InChI=1S/C23H27NO/c25-22(19-10-4-1-5-11-19)24(20-12-6-2-7-13-20)21-14-17-23(18-21)15-8-3-9-16-23/h1-2,4-7,10-13,21H,3,8-9,14-18H2. The van der Waals surface area contributed by atoms with Gasteiger partial charge in [-0.3, -0.25) is 4.79 Å². The van der Waals surface area contributed by atoms with E-state index in [-0.39, 0.29) is 5.91 Å². The van der Waals surface area contributed by atoms with Gasteiger partial charge in [0.25, 0.3) is 5.91 Å². The number of amides is 1. The third kappa shape index (κ3) is 3.35. The van der Waals surface area contributed by atoms with E-state index in [4.69, 9.17) is 0 Å². The number of hydrogen-bond donors (Lipinski definition) is 0. The summed E-state index contributed by atoms with van der Waals surface area (Å²) in [5, 5.41) is 0. The van der Waals surface area contributed by atoms with Crippen molar-refractivity contribution in [3.63, 3.8) is 0 Å². The van der Waals surface area contributed by atoms with Crippen molar-refractivity contribution in [2.24, 2.45) is 5.41 Å². The fourth-order valence-electron chi connectivity index (χ4n) is 4.96. The molecule has 4 rings (SSSR count). The number of rotatable bonds is 3. The van der Waals surface area contributed by atoms with Gasteiger partial charge in [-0.25, -0.2) is 0 Å². The first-order valence-corrected chi connectivity index (χ1v) is 9.71. The minimum atomic E-state index is 0.143. The monoisotopic (exact) mass is 333 g/mol. The lowest BCUT2D eigenvalue weighted by atomic mass is 9.73. The van der Waals surface area contributed by atoms with E-state index in [1.807, 2.05) is 48.5 Å². The van der Waals surface area contributed by atoms with Crippen molar-refractivity contribution in [1.29, 1.82) is 0 Å². The highest BCUT2D eigenvalue weighted by Gasteiger charge is 2.43. The maximum absolute atomic E-state index is 13.3. The van der Waals surface area contributed by atoms with Crippen LogP contribution in [-0.4, -0.2) is 11.9 Å². The molecule has 2 nitrogen and oxygen atoms in total. The number of nitrogens with zero attached hydrogens (tertiary/aromatic N) is 1. The Balaban J connectivity index is 1.63. The van der Waals surface area contributed by atoms with Gasteiger partial charge in [0, 0.05) is 17.3 Å². The van der Waals surface area contributed by atoms with Crippen LogP contribution in [0.2, 0.25) is 0 Å². The van der Waals surface area contributed by atoms with Crippen LogP contribution in [0.25, 0.3) is 0 Å². The third-order valence-electron chi connectivity index (χ3n) is 6.23. The molecule has 2 aromatic carbocycles. The Morgan fingerprint density at radius 2 is 1.48 bits per heavy atom. The molecule has 2 aliphatic rings. The van der Waals surface area contributed by atoms with Gasteiger partial charge in [0.1, 0.15) is 0 Å². The number of anilines is 1. The van der Waals surface area contributed by atoms with E-state index in [2.05, 4.69) is 17.0 Å². The number of para-hydroxylation sites is 1. The minimum absolute atomic E-state index is 0.143. The quantitative estimate of drug-likeness (QED) is 0.691. The number of hydrogen-bond acceptors (Lipinski definition) is 1. The van der Waals surface area contributed by atoms with Gasteiger partial charge in [-0.2, -0.15) is 0 Å². The zero-order valence-electron chi connectivity index (χ0n) is 14.9. The molecule has 1 unspecified atom stereocenters. The maximum atomic E-state index is 13.3. The molecular weight excluding hydrogens is 306 g/mol. The Morgan fingerprint density at radius 1 is 0.840 bits per heavy atom. The molecule has 0 aliphatic heterocycles. The molecular formula is C23H27NO. The van der Waals surface area contributed by atoms with Crippen molar-refractivity contribution >= 4 is 11.6 Å². The highest BCUT2D eigenvalue weighted by molar-refractivity contribution is 6.06. The van der Waals surface area contributed by atoms with Crippen molar-refractivity contribution in [2.45, 2.75) is 57.4 Å². The highest BCUT2D eigenvalue weighted by Crippen LogP contribution is 2.50. The highest BCUT2D eigenvalue weighted by atomic mass is 16.2. The van der Waals surface area contributed by atoms with Crippen LogP contribution in [-0.2, 0) is 0 Å². The topological polar surface area (TPSA) is 20.3 Å². The van der Waals surface area contributed by atoms with Crippen LogP contribution >= 0.6 is 0 Å². The smallest absolute Gasteiger partial charge is 0.258 e. The maximum Gasteiger partial charge on any atom is 0.258 e. The van der Waals surface area contributed by atoms with Gasteiger partial charge in [-0.1, -0.05) is 55.7 Å². The molecule has 2 aliphatic carbocycles. The Morgan fingerprint density at radius 3 is 2.16 bits per heavy atom. The fraction of sp³-hybridized carbons (Fsp3) is 0.435. The fourth-order valence-corrected chi connectivity index (χ4v) is 4.96. The van der Waals surface area contributed by atoms with E-state index in [0.717, 1.165) is 17.7 Å². The molecule has 1 atom stereocenters. The largest absolute Gasteiger partial charge is 0.305 e. The second-order valence-electron chi connectivity index (χ2n) is 7.83. The second kappa shape index (κ2) is 7.03. The van der Waals surface area contributed by atoms with Crippen LogP contribution < -0.4 is 4.90 Å². The first-order valence-electron chi connectivity index (χ1n) is 9.71. The molecule has 0 radical (unpaired) electrons. The Labute approximate surface area is 150 Å². The van der Waals surface area contributed by atoms with Crippen molar-refractivity contribution < 1.29 is 4.79 Å². The number of carbonyl (C=O) groups excluding carboxylic acids is 1. The van der Waals surface area contributed by atoms with Gasteiger partial charge in [0.15, 0.2) is 0 Å². The van der Waals surface area contributed by atoms with Gasteiger partial charge < -0.3 is 4.90 Å². The molecule has 0 bridgehead atoms. The lowest BCUT2D eigenvalue weighted by molar-refractivity contribution is 0.0973. The molecule has 1 spiro atoms.